The molecule has 5 nitrogen and oxygen atoms in total. The highest BCUT2D eigenvalue weighted by Gasteiger charge is 2.14. The van der Waals surface area contributed by atoms with Gasteiger partial charge in [-0.2, -0.15) is 0 Å². The molecule has 0 saturated heterocycles. The number of carbonyl (C=O) groups excluding carboxylic acids is 2. The van der Waals surface area contributed by atoms with Gasteiger partial charge in [0.15, 0.2) is 0 Å². The molecule has 3 aromatic rings. The van der Waals surface area contributed by atoms with Gasteiger partial charge in [-0.25, -0.2) is 4.98 Å². The van der Waals surface area contributed by atoms with Crippen molar-refractivity contribution in [2.75, 3.05) is 13.7 Å². The number of carbonyl (C=O) groups is 2. The fourth-order valence-electron chi connectivity index (χ4n) is 1.86. The molecular weight excluding hydrogens is 320 g/mol. The molecule has 0 bridgehead atoms. The van der Waals surface area contributed by atoms with E-state index in [-0.39, 0.29) is 12.5 Å². The number of rotatable bonds is 4. The smallest absolute Gasteiger partial charge is 0.325 e. The lowest BCUT2D eigenvalue weighted by Gasteiger charge is -2.00. The van der Waals surface area contributed by atoms with Gasteiger partial charge in [0, 0.05) is 0 Å². The van der Waals surface area contributed by atoms with Crippen molar-refractivity contribution in [3.63, 3.8) is 0 Å². The first-order valence-corrected chi connectivity index (χ1v) is 8.11. The molecule has 0 saturated carbocycles. The summed E-state index contributed by atoms with van der Waals surface area (Å²) in [5.74, 6) is -0.765. The summed E-state index contributed by atoms with van der Waals surface area (Å²) in [6.07, 6.45) is 0. The van der Waals surface area contributed by atoms with Crippen LogP contribution in [0.4, 0.5) is 0 Å². The SMILES string of the molecule is COC(=O)CNC(=O)c1ccc(-c2nc3ccccc3s2)s1. The lowest BCUT2D eigenvalue weighted by Crippen LogP contribution is -2.29. The van der Waals surface area contributed by atoms with Crippen LogP contribution in [0, 0.1) is 0 Å². The molecule has 0 spiro atoms. The van der Waals surface area contributed by atoms with Crippen LogP contribution in [0.5, 0.6) is 0 Å². The number of esters is 1. The molecule has 112 valence electrons. The van der Waals surface area contributed by atoms with Gasteiger partial charge in [-0.3, -0.25) is 9.59 Å². The molecule has 2 aromatic heterocycles. The minimum atomic E-state index is -0.476. The second kappa shape index (κ2) is 6.25. The molecule has 1 aromatic carbocycles. The second-order valence-electron chi connectivity index (χ2n) is 4.41. The van der Waals surface area contributed by atoms with E-state index < -0.39 is 5.97 Å². The van der Waals surface area contributed by atoms with E-state index in [9.17, 15) is 9.59 Å². The summed E-state index contributed by atoms with van der Waals surface area (Å²) in [5.41, 5.74) is 0.951. The monoisotopic (exact) mass is 332 g/mol. The van der Waals surface area contributed by atoms with Gasteiger partial charge in [-0.05, 0) is 24.3 Å². The number of fused-ring (bicyclic) bond motifs is 1. The first kappa shape index (κ1) is 14.7. The van der Waals surface area contributed by atoms with Crippen LogP contribution < -0.4 is 5.32 Å². The third kappa shape index (κ3) is 3.00. The van der Waals surface area contributed by atoms with E-state index in [4.69, 9.17) is 0 Å². The first-order chi connectivity index (χ1) is 10.7. The lowest BCUT2D eigenvalue weighted by molar-refractivity contribution is -0.139. The Bertz CT molecular complexity index is 805. The van der Waals surface area contributed by atoms with E-state index in [2.05, 4.69) is 15.0 Å². The number of hydrogen-bond acceptors (Lipinski definition) is 6. The summed E-state index contributed by atoms with van der Waals surface area (Å²) in [6, 6.07) is 11.5. The first-order valence-electron chi connectivity index (χ1n) is 6.48. The zero-order chi connectivity index (χ0) is 15.5. The molecule has 0 aliphatic heterocycles. The number of aromatic nitrogens is 1. The molecule has 0 unspecified atom stereocenters. The van der Waals surface area contributed by atoms with Crippen LogP contribution in [0.3, 0.4) is 0 Å². The normalized spacial score (nSPS) is 10.6. The van der Waals surface area contributed by atoms with Crippen molar-refractivity contribution >= 4 is 44.8 Å². The number of hydrogen-bond donors (Lipinski definition) is 1. The van der Waals surface area contributed by atoms with Gasteiger partial charge in [-0.1, -0.05) is 12.1 Å². The molecule has 0 fully saturated rings. The third-order valence-corrected chi connectivity index (χ3v) is 5.25. The summed E-state index contributed by atoms with van der Waals surface area (Å²) in [6.45, 7) is -0.135. The fraction of sp³-hybridized carbons (Fsp3) is 0.133. The van der Waals surface area contributed by atoms with Crippen LogP contribution in [0.1, 0.15) is 9.67 Å². The van der Waals surface area contributed by atoms with Gasteiger partial charge >= 0.3 is 5.97 Å². The molecule has 1 N–H and O–H groups in total. The summed E-state index contributed by atoms with van der Waals surface area (Å²) in [7, 11) is 1.28. The van der Waals surface area contributed by atoms with Crippen LogP contribution in [0.25, 0.3) is 20.1 Å². The molecule has 0 atom stereocenters. The van der Waals surface area contributed by atoms with Crippen molar-refractivity contribution in [3.05, 3.63) is 41.3 Å². The van der Waals surface area contributed by atoms with Crippen molar-refractivity contribution < 1.29 is 14.3 Å². The van der Waals surface area contributed by atoms with Crippen molar-refractivity contribution in [1.29, 1.82) is 0 Å². The molecule has 0 aliphatic rings. The Labute approximate surface area is 134 Å². The van der Waals surface area contributed by atoms with Crippen LogP contribution in [0.2, 0.25) is 0 Å². The summed E-state index contributed by atoms with van der Waals surface area (Å²) in [4.78, 5) is 29.0. The van der Waals surface area contributed by atoms with Crippen molar-refractivity contribution in [2.24, 2.45) is 0 Å². The molecular formula is C15H12N2O3S2. The predicted octanol–water partition coefficient (Wildman–Crippen LogP) is 2.93. The second-order valence-corrected chi connectivity index (χ2v) is 6.52. The van der Waals surface area contributed by atoms with Crippen LogP contribution >= 0.6 is 22.7 Å². The van der Waals surface area contributed by atoms with E-state index in [1.54, 1.807) is 17.4 Å². The van der Waals surface area contributed by atoms with E-state index in [0.717, 1.165) is 20.1 Å². The Morgan fingerprint density at radius 2 is 2.00 bits per heavy atom. The van der Waals surface area contributed by atoms with E-state index in [1.165, 1.54) is 18.4 Å². The Morgan fingerprint density at radius 1 is 1.18 bits per heavy atom. The molecule has 0 radical (unpaired) electrons. The fourth-order valence-corrected chi connectivity index (χ4v) is 3.81. The molecule has 22 heavy (non-hydrogen) atoms. The largest absolute Gasteiger partial charge is 0.468 e. The molecule has 0 aliphatic carbocycles. The Kier molecular flexibility index (Phi) is 4.17. The summed E-state index contributed by atoms with van der Waals surface area (Å²) >= 11 is 2.94. The minimum Gasteiger partial charge on any atom is -0.468 e. The average Bonchev–Trinajstić information content (AvgIpc) is 3.18. The molecule has 3 rings (SSSR count). The zero-order valence-corrected chi connectivity index (χ0v) is 13.3. The van der Waals surface area contributed by atoms with E-state index in [0.29, 0.717) is 4.88 Å². The van der Waals surface area contributed by atoms with Crippen molar-refractivity contribution in [1.82, 2.24) is 10.3 Å². The van der Waals surface area contributed by atoms with E-state index >= 15 is 0 Å². The standard InChI is InChI=1S/C15H12N2O3S2/c1-20-13(18)8-16-14(19)11-6-7-12(21-11)15-17-9-4-2-3-5-10(9)22-15/h2-7H,8H2,1H3,(H,16,19). The van der Waals surface area contributed by atoms with Crippen LogP contribution in [0.15, 0.2) is 36.4 Å². The van der Waals surface area contributed by atoms with Gasteiger partial charge < -0.3 is 10.1 Å². The topological polar surface area (TPSA) is 68.3 Å². The number of para-hydroxylation sites is 1. The Balaban J connectivity index is 1.78. The number of thiazole rings is 1. The lowest BCUT2D eigenvalue weighted by atomic mass is 10.3. The maximum atomic E-state index is 12.0. The maximum Gasteiger partial charge on any atom is 0.325 e. The maximum absolute atomic E-state index is 12.0. The van der Waals surface area contributed by atoms with Gasteiger partial charge in [0.2, 0.25) is 0 Å². The predicted molar refractivity (Wildman–Crippen MR) is 87.3 cm³/mol. The van der Waals surface area contributed by atoms with Crippen molar-refractivity contribution in [2.45, 2.75) is 0 Å². The number of benzene rings is 1. The van der Waals surface area contributed by atoms with Gasteiger partial charge in [0.1, 0.15) is 11.6 Å². The number of nitrogens with one attached hydrogen (secondary N) is 1. The number of amides is 1. The highest BCUT2D eigenvalue weighted by atomic mass is 32.1. The summed E-state index contributed by atoms with van der Waals surface area (Å²) < 4.78 is 5.60. The molecule has 7 heteroatoms. The highest BCUT2D eigenvalue weighted by Crippen LogP contribution is 2.34. The van der Waals surface area contributed by atoms with Crippen LogP contribution in [-0.4, -0.2) is 30.5 Å². The Morgan fingerprint density at radius 3 is 2.77 bits per heavy atom. The molecule has 1 amide bonds. The van der Waals surface area contributed by atoms with Gasteiger partial charge in [0.25, 0.3) is 5.91 Å². The quantitative estimate of drug-likeness (QED) is 0.746. The third-order valence-electron chi connectivity index (χ3n) is 2.96. The highest BCUT2D eigenvalue weighted by molar-refractivity contribution is 7.26. The number of ether oxygens (including phenoxy) is 1. The number of nitrogens with zero attached hydrogens (tertiary/aromatic N) is 1. The molecule has 2 heterocycles. The average molecular weight is 332 g/mol. The van der Waals surface area contributed by atoms with Gasteiger partial charge in [-0.15, -0.1) is 22.7 Å². The minimum absolute atomic E-state index is 0.135. The number of thiophene rings is 1. The zero-order valence-electron chi connectivity index (χ0n) is 11.7. The Hall–Kier alpha value is -2.25. The van der Waals surface area contributed by atoms with E-state index in [1.807, 2.05) is 30.3 Å². The van der Waals surface area contributed by atoms with Crippen LogP contribution in [-0.2, 0) is 9.53 Å². The van der Waals surface area contributed by atoms with Gasteiger partial charge in [0.05, 0.1) is 27.1 Å². The van der Waals surface area contributed by atoms with Crippen molar-refractivity contribution in [3.8, 4) is 9.88 Å². The summed E-state index contributed by atoms with van der Waals surface area (Å²) in [5, 5.41) is 3.41. The number of methoxy groups -OCH3 is 1.